The highest BCUT2D eigenvalue weighted by atomic mass is 19.4. The largest absolute Gasteiger partial charge is 0.573 e. The molecular weight excluding hydrogens is 459 g/mol. The number of aryl methyl sites for hydroxylation is 1. The Hall–Kier alpha value is -4.14. The zero-order valence-electron chi connectivity index (χ0n) is 18.6. The molecule has 0 N–H and O–H groups in total. The van der Waals surface area contributed by atoms with Gasteiger partial charge in [0, 0.05) is 12.1 Å². The number of carbonyl (C=O) groups is 1. The molecule has 1 aliphatic rings. The van der Waals surface area contributed by atoms with Crippen LogP contribution in [0.15, 0.2) is 77.3 Å². The van der Waals surface area contributed by atoms with Gasteiger partial charge >= 0.3 is 6.36 Å². The van der Waals surface area contributed by atoms with Crippen molar-refractivity contribution in [3.63, 3.8) is 0 Å². The van der Waals surface area contributed by atoms with Crippen molar-refractivity contribution < 1.29 is 27.2 Å². The summed E-state index contributed by atoms with van der Waals surface area (Å²) in [4.78, 5) is 19.5. The van der Waals surface area contributed by atoms with E-state index in [0.717, 1.165) is 16.7 Å². The van der Waals surface area contributed by atoms with E-state index in [0.29, 0.717) is 18.5 Å². The first-order chi connectivity index (χ1) is 16.8. The minimum atomic E-state index is -4.86. The first-order valence-electron chi connectivity index (χ1n) is 11.0. The summed E-state index contributed by atoms with van der Waals surface area (Å²) in [5, 5.41) is 3.85. The summed E-state index contributed by atoms with van der Waals surface area (Å²) in [7, 11) is 0. The van der Waals surface area contributed by atoms with Crippen molar-refractivity contribution in [3.8, 4) is 28.3 Å². The van der Waals surface area contributed by atoms with E-state index in [9.17, 15) is 18.0 Å². The van der Waals surface area contributed by atoms with Crippen molar-refractivity contribution in [2.75, 3.05) is 6.54 Å². The number of carbonyl (C=O) groups excluding carboxylic acids is 1. The van der Waals surface area contributed by atoms with Crippen LogP contribution < -0.4 is 4.74 Å². The van der Waals surface area contributed by atoms with Gasteiger partial charge in [-0.1, -0.05) is 65.3 Å². The van der Waals surface area contributed by atoms with E-state index in [4.69, 9.17) is 4.52 Å². The zero-order chi connectivity index (χ0) is 24.6. The van der Waals surface area contributed by atoms with E-state index in [1.165, 1.54) is 18.2 Å². The van der Waals surface area contributed by atoms with Crippen LogP contribution in [0.3, 0.4) is 0 Å². The Bertz CT molecular complexity index is 1370. The topological polar surface area (TPSA) is 68.5 Å². The molecule has 35 heavy (non-hydrogen) atoms. The number of nitrogens with zero attached hydrogens (tertiary/aromatic N) is 3. The third-order valence-electron chi connectivity index (χ3n) is 5.85. The average molecular weight is 479 g/mol. The van der Waals surface area contributed by atoms with E-state index < -0.39 is 18.2 Å². The lowest BCUT2D eigenvalue weighted by atomic mass is 9.94. The summed E-state index contributed by atoms with van der Waals surface area (Å²) in [5.41, 5.74) is 3.30. The predicted molar refractivity (Wildman–Crippen MR) is 121 cm³/mol. The molecule has 0 spiro atoms. The first kappa shape index (κ1) is 22.6. The zero-order valence-corrected chi connectivity index (χ0v) is 18.6. The van der Waals surface area contributed by atoms with Gasteiger partial charge in [0.2, 0.25) is 11.7 Å². The molecule has 3 aromatic carbocycles. The van der Waals surface area contributed by atoms with Crippen LogP contribution in [0.5, 0.6) is 5.75 Å². The number of para-hydroxylation sites is 1. The monoisotopic (exact) mass is 479 g/mol. The molecule has 0 saturated carbocycles. The third kappa shape index (κ3) is 4.62. The number of hydrogen-bond acceptors (Lipinski definition) is 5. The van der Waals surface area contributed by atoms with Gasteiger partial charge in [-0.2, -0.15) is 4.98 Å². The number of hydrogen-bond donors (Lipinski definition) is 0. The van der Waals surface area contributed by atoms with Gasteiger partial charge in [0.05, 0.1) is 5.56 Å². The second-order valence-electron chi connectivity index (χ2n) is 8.22. The van der Waals surface area contributed by atoms with Gasteiger partial charge in [-0.15, -0.1) is 13.2 Å². The van der Waals surface area contributed by atoms with E-state index in [1.54, 1.807) is 11.0 Å². The minimum Gasteiger partial charge on any atom is -0.405 e. The molecule has 178 valence electrons. The normalized spacial score (nSPS) is 15.5. The quantitative estimate of drug-likeness (QED) is 0.341. The molecule has 0 radical (unpaired) electrons. The van der Waals surface area contributed by atoms with Gasteiger partial charge in [0.25, 0.3) is 5.91 Å². The first-order valence-corrected chi connectivity index (χ1v) is 11.0. The predicted octanol–water partition coefficient (Wildman–Crippen LogP) is 6.20. The molecule has 1 amide bonds. The highest BCUT2D eigenvalue weighted by Crippen LogP contribution is 2.38. The van der Waals surface area contributed by atoms with Crippen molar-refractivity contribution >= 4 is 5.91 Å². The molecule has 2 heterocycles. The fourth-order valence-corrected chi connectivity index (χ4v) is 4.09. The molecule has 9 heteroatoms. The number of benzene rings is 3. The van der Waals surface area contributed by atoms with Crippen LogP contribution in [0.1, 0.15) is 34.3 Å². The number of alkyl halides is 3. The van der Waals surface area contributed by atoms with Gasteiger partial charge in [-0.25, -0.2) is 0 Å². The molecule has 1 atom stereocenters. The van der Waals surface area contributed by atoms with Crippen molar-refractivity contribution in [1.29, 1.82) is 0 Å². The maximum absolute atomic E-state index is 13.5. The second-order valence-corrected chi connectivity index (χ2v) is 8.22. The fourth-order valence-electron chi connectivity index (χ4n) is 4.09. The Morgan fingerprint density at radius 1 is 1.03 bits per heavy atom. The summed E-state index contributed by atoms with van der Waals surface area (Å²) < 4.78 is 47.8. The summed E-state index contributed by atoms with van der Waals surface area (Å²) in [5.74, 6) is -0.486. The van der Waals surface area contributed by atoms with Crippen LogP contribution in [-0.4, -0.2) is 33.9 Å². The highest BCUT2D eigenvalue weighted by molar-refractivity contribution is 6.01. The lowest BCUT2D eigenvalue weighted by Crippen LogP contribution is -2.45. The molecule has 5 rings (SSSR count). The van der Waals surface area contributed by atoms with Gasteiger partial charge in [-0.3, -0.25) is 4.79 Å². The van der Waals surface area contributed by atoms with Gasteiger partial charge in [0.1, 0.15) is 11.8 Å². The standard InChI is InChI=1S/C26H20F3N3O3/c1-16-11-12-18(17-7-3-2-4-8-17)20(15-16)25(33)32-14-13-21(32)24-30-23(31-35-24)19-9-5-6-10-22(19)34-26(27,28)29/h2-12,15,21H,13-14H2,1H3/t21-/m0/s1. The number of likely N-dealkylation sites (tertiary alicyclic amines) is 1. The summed E-state index contributed by atoms with van der Waals surface area (Å²) in [6.45, 7) is 2.42. The molecule has 0 aliphatic carbocycles. The van der Waals surface area contributed by atoms with E-state index in [1.807, 2.05) is 55.5 Å². The van der Waals surface area contributed by atoms with Crippen molar-refractivity contribution in [2.45, 2.75) is 25.7 Å². The molecule has 6 nitrogen and oxygen atoms in total. The average Bonchev–Trinajstić information content (AvgIpc) is 3.27. The number of amides is 1. The van der Waals surface area contributed by atoms with Gasteiger partial charge < -0.3 is 14.2 Å². The Balaban J connectivity index is 1.42. The lowest BCUT2D eigenvalue weighted by molar-refractivity contribution is -0.274. The fraction of sp³-hybridized carbons (Fsp3) is 0.192. The SMILES string of the molecule is Cc1ccc(-c2ccccc2)c(C(=O)N2CC[C@H]2c2nc(-c3ccccc3OC(F)(F)F)no2)c1. The summed E-state index contributed by atoms with van der Waals surface area (Å²) in [6, 6.07) is 20.5. The van der Waals surface area contributed by atoms with E-state index in [2.05, 4.69) is 14.9 Å². The van der Waals surface area contributed by atoms with Crippen LogP contribution in [-0.2, 0) is 0 Å². The molecule has 0 bridgehead atoms. The van der Waals surface area contributed by atoms with Crippen LogP contribution in [0.4, 0.5) is 13.2 Å². The van der Waals surface area contributed by atoms with E-state index >= 15 is 0 Å². The Labute approximate surface area is 199 Å². The molecule has 0 unspecified atom stereocenters. The number of ether oxygens (including phenoxy) is 1. The van der Waals surface area contributed by atoms with Crippen molar-refractivity contribution in [2.24, 2.45) is 0 Å². The van der Waals surface area contributed by atoms with Gasteiger partial charge in [0.15, 0.2) is 0 Å². The van der Waals surface area contributed by atoms with Crippen LogP contribution in [0, 0.1) is 6.92 Å². The Morgan fingerprint density at radius 3 is 2.49 bits per heavy atom. The second kappa shape index (κ2) is 8.90. The number of halogens is 3. The Morgan fingerprint density at radius 2 is 1.77 bits per heavy atom. The van der Waals surface area contributed by atoms with Crippen LogP contribution in [0.2, 0.25) is 0 Å². The lowest BCUT2D eigenvalue weighted by Gasteiger charge is -2.38. The van der Waals surface area contributed by atoms with E-state index in [-0.39, 0.29) is 23.2 Å². The van der Waals surface area contributed by atoms with Crippen LogP contribution in [0.25, 0.3) is 22.5 Å². The number of aromatic nitrogens is 2. The maximum atomic E-state index is 13.5. The molecule has 1 saturated heterocycles. The molecule has 1 fully saturated rings. The molecule has 4 aromatic rings. The van der Waals surface area contributed by atoms with Crippen molar-refractivity contribution in [1.82, 2.24) is 15.0 Å². The minimum absolute atomic E-state index is 0.0420. The van der Waals surface area contributed by atoms with Crippen LogP contribution >= 0.6 is 0 Å². The third-order valence-corrected chi connectivity index (χ3v) is 5.85. The molecule has 1 aliphatic heterocycles. The maximum Gasteiger partial charge on any atom is 0.573 e. The number of rotatable bonds is 5. The Kier molecular flexibility index (Phi) is 5.76. The summed E-state index contributed by atoms with van der Waals surface area (Å²) >= 11 is 0. The van der Waals surface area contributed by atoms with Gasteiger partial charge in [-0.05, 0) is 42.7 Å². The van der Waals surface area contributed by atoms with Crippen molar-refractivity contribution in [3.05, 3.63) is 89.8 Å². The molecular formula is C26H20F3N3O3. The summed E-state index contributed by atoms with van der Waals surface area (Å²) in [6.07, 6.45) is -4.26. The molecule has 1 aromatic heterocycles. The smallest absolute Gasteiger partial charge is 0.405 e. The highest BCUT2D eigenvalue weighted by Gasteiger charge is 2.39.